The van der Waals surface area contributed by atoms with Crippen LogP contribution in [0, 0.1) is 41.4 Å². The minimum atomic E-state index is -2.14. The van der Waals surface area contributed by atoms with Gasteiger partial charge in [0.15, 0.2) is 17.5 Å². The zero-order valence-electron chi connectivity index (χ0n) is 21.9. The van der Waals surface area contributed by atoms with Crippen molar-refractivity contribution in [2.75, 3.05) is 18.6 Å². The molecule has 0 radical (unpaired) electrons. The highest BCUT2D eigenvalue weighted by atomic mass is 16.6. The van der Waals surface area contributed by atoms with Crippen LogP contribution in [-0.4, -0.2) is 58.7 Å². The maximum Gasteiger partial charge on any atom is 0.414 e. The van der Waals surface area contributed by atoms with E-state index in [9.17, 15) is 24.9 Å². The van der Waals surface area contributed by atoms with E-state index in [1.807, 2.05) is 32.0 Å². The smallest absolute Gasteiger partial charge is 0.414 e. The molecule has 7 nitrogen and oxygen atoms in total. The predicted octanol–water partition coefficient (Wildman–Crippen LogP) is 3.40. The van der Waals surface area contributed by atoms with Crippen LogP contribution in [-0.2, 0) is 9.53 Å². The number of carbonyl (C=O) groups is 2. The number of nitrogens with zero attached hydrogens (tertiary/aromatic N) is 1. The average Bonchev–Trinajstić information content (AvgIpc) is 3.32. The average molecular weight is 496 g/mol. The summed E-state index contributed by atoms with van der Waals surface area (Å²) in [6.45, 7) is 9.37. The maximum atomic E-state index is 14.4. The van der Waals surface area contributed by atoms with Gasteiger partial charge in [0, 0.05) is 18.7 Å². The number of aliphatic hydroxyl groups is 3. The summed E-state index contributed by atoms with van der Waals surface area (Å²) in [6.07, 6.45) is 0.602. The first kappa shape index (κ1) is 25.2. The highest BCUT2D eigenvalue weighted by Crippen LogP contribution is 2.71. The summed E-state index contributed by atoms with van der Waals surface area (Å²) in [5.74, 6) is -0.635. The van der Waals surface area contributed by atoms with Crippen LogP contribution in [0.25, 0.3) is 0 Å². The number of fused-ring (bicyclic) bond motifs is 3. The second-order valence-electron chi connectivity index (χ2n) is 12.0. The highest BCUT2D eigenvalue weighted by Gasteiger charge is 2.76. The largest absolute Gasteiger partial charge is 0.438 e. The van der Waals surface area contributed by atoms with E-state index in [0.29, 0.717) is 23.6 Å². The molecule has 5 rings (SSSR count). The number of ketones is 1. The summed E-state index contributed by atoms with van der Waals surface area (Å²) in [4.78, 5) is 29.1. The van der Waals surface area contributed by atoms with E-state index in [1.54, 1.807) is 32.2 Å². The SMILES string of the molecule is CC1=CC23C(=O)[C@@H](C=C(CO)[C@@H](O)[C@]2(O)[C@H]1OC(=O)N(C)c1ccccc1C)[C@@H]1[C@@H](CC3C)C1(C)C. The molecule has 36 heavy (non-hydrogen) atoms. The number of carbonyl (C=O) groups excluding carboxylic acids is 2. The Balaban J connectivity index is 1.59. The lowest BCUT2D eigenvalue weighted by atomic mass is 9.59. The Labute approximate surface area is 212 Å². The number of anilines is 1. The molecule has 0 heterocycles. The Morgan fingerprint density at radius 3 is 2.53 bits per heavy atom. The molecule has 2 bridgehead atoms. The van der Waals surface area contributed by atoms with Gasteiger partial charge in [-0.2, -0.15) is 0 Å². The van der Waals surface area contributed by atoms with E-state index in [1.165, 1.54) is 4.90 Å². The van der Waals surface area contributed by atoms with Crippen LogP contribution in [0.2, 0.25) is 0 Å². The van der Waals surface area contributed by atoms with Gasteiger partial charge in [0.05, 0.1) is 12.0 Å². The van der Waals surface area contributed by atoms with Gasteiger partial charge in [-0.25, -0.2) is 4.79 Å². The summed E-state index contributed by atoms with van der Waals surface area (Å²) in [5.41, 5.74) is -1.36. The number of hydrogen-bond donors (Lipinski definition) is 3. The van der Waals surface area contributed by atoms with E-state index in [4.69, 9.17) is 4.74 Å². The Morgan fingerprint density at radius 1 is 1.22 bits per heavy atom. The molecule has 1 aromatic rings. The Morgan fingerprint density at radius 2 is 1.89 bits per heavy atom. The van der Waals surface area contributed by atoms with Crippen molar-refractivity contribution in [2.24, 2.45) is 34.5 Å². The molecule has 8 atom stereocenters. The summed E-state index contributed by atoms with van der Waals surface area (Å²) in [6, 6.07) is 7.38. The zero-order valence-corrected chi connectivity index (χ0v) is 21.9. The van der Waals surface area contributed by atoms with Crippen molar-refractivity contribution < 1.29 is 29.6 Å². The molecule has 0 aliphatic heterocycles. The fourth-order valence-electron chi connectivity index (χ4n) is 7.81. The Hall–Kier alpha value is -2.48. The van der Waals surface area contributed by atoms with Crippen LogP contribution >= 0.6 is 0 Å². The third-order valence-electron chi connectivity index (χ3n) is 9.87. The Kier molecular flexibility index (Phi) is 5.60. The van der Waals surface area contributed by atoms with Crippen molar-refractivity contribution in [1.82, 2.24) is 0 Å². The molecular formula is C29H37NO6. The highest BCUT2D eigenvalue weighted by molar-refractivity contribution is 5.96. The first-order valence-electron chi connectivity index (χ1n) is 12.8. The monoisotopic (exact) mass is 495 g/mol. The van der Waals surface area contributed by atoms with Crippen LogP contribution in [0.3, 0.4) is 0 Å². The third-order valence-corrected chi connectivity index (χ3v) is 9.87. The summed E-state index contributed by atoms with van der Waals surface area (Å²) in [7, 11) is 1.59. The number of Topliss-reactive ketones (excluding diaryl/α,β-unsaturated/α-hetero) is 1. The fourth-order valence-corrected chi connectivity index (χ4v) is 7.81. The van der Waals surface area contributed by atoms with Gasteiger partial charge in [-0.15, -0.1) is 0 Å². The molecule has 1 aromatic carbocycles. The number of aryl methyl sites for hydroxylation is 1. The van der Waals surface area contributed by atoms with E-state index in [2.05, 4.69) is 13.8 Å². The lowest BCUT2D eigenvalue weighted by Crippen LogP contribution is -2.66. The van der Waals surface area contributed by atoms with Gasteiger partial charge in [-0.1, -0.05) is 51.1 Å². The minimum Gasteiger partial charge on any atom is -0.438 e. The normalized spacial score (nSPS) is 40.2. The standard InChI is InChI=1S/C29H37NO6/c1-15-9-7-8-10-21(15)30(6)26(34)36-25-16(2)13-28-17(3)11-20-22(27(20,4)5)19(24(28)33)12-18(14-31)23(32)29(25,28)35/h7-10,12-13,17,19-20,22-23,25,31-32,35H,11,14H2,1-6H3/t17?,19-,20+,22+,23+,25-,28?,29-/m0/s1. The molecule has 1 amide bonds. The molecule has 0 saturated heterocycles. The second kappa shape index (κ2) is 8.01. The summed E-state index contributed by atoms with van der Waals surface area (Å²) < 4.78 is 5.94. The van der Waals surface area contributed by atoms with Crippen LogP contribution in [0.4, 0.5) is 10.5 Å². The number of rotatable bonds is 3. The van der Waals surface area contributed by atoms with Crippen molar-refractivity contribution in [3.8, 4) is 0 Å². The van der Waals surface area contributed by atoms with Gasteiger partial charge in [0.25, 0.3) is 0 Å². The minimum absolute atomic E-state index is 0.0415. The van der Waals surface area contributed by atoms with Crippen molar-refractivity contribution in [3.63, 3.8) is 0 Å². The molecule has 2 unspecified atom stereocenters. The fraction of sp³-hybridized carbons (Fsp3) is 0.586. The molecule has 1 spiro atoms. The molecular weight excluding hydrogens is 458 g/mol. The van der Waals surface area contributed by atoms with E-state index in [0.717, 1.165) is 5.56 Å². The van der Waals surface area contributed by atoms with E-state index < -0.39 is 41.8 Å². The lowest BCUT2D eigenvalue weighted by Gasteiger charge is -2.48. The maximum absolute atomic E-state index is 14.4. The second-order valence-corrected chi connectivity index (χ2v) is 12.0. The first-order valence-corrected chi connectivity index (χ1v) is 12.8. The van der Waals surface area contributed by atoms with Crippen molar-refractivity contribution in [3.05, 3.63) is 53.1 Å². The summed E-state index contributed by atoms with van der Waals surface area (Å²) >= 11 is 0. The molecule has 2 fully saturated rings. The van der Waals surface area contributed by atoms with Crippen molar-refractivity contribution >= 4 is 17.6 Å². The van der Waals surface area contributed by atoms with Gasteiger partial charge in [-0.05, 0) is 66.2 Å². The van der Waals surface area contributed by atoms with E-state index >= 15 is 0 Å². The number of hydrogen-bond acceptors (Lipinski definition) is 6. The van der Waals surface area contributed by atoms with Gasteiger partial charge in [0.1, 0.15) is 6.10 Å². The number of benzene rings is 1. The zero-order chi connectivity index (χ0) is 26.4. The number of aliphatic hydroxyl groups excluding tert-OH is 2. The van der Waals surface area contributed by atoms with Gasteiger partial charge in [0.2, 0.25) is 0 Å². The van der Waals surface area contributed by atoms with Crippen LogP contribution in [0.15, 0.2) is 47.6 Å². The number of allylic oxidation sites excluding steroid dienone is 1. The number of ether oxygens (including phenoxy) is 1. The van der Waals surface area contributed by atoms with Crippen LogP contribution < -0.4 is 4.90 Å². The molecule has 0 aromatic heterocycles. The molecule has 4 aliphatic rings. The van der Waals surface area contributed by atoms with Gasteiger partial charge < -0.3 is 20.1 Å². The van der Waals surface area contributed by atoms with Crippen LogP contribution in [0.5, 0.6) is 0 Å². The first-order chi connectivity index (χ1) is 16.8. The van der Waals surface area contributed by atoms with Crippen molar-refractivity contribution in [2.45, 2.75) is 58.8 Å². The number of para-hydroxylation sites is 1. The lowest BCUT2D eigenvalue weighted by molar-refractivity contribution is -0.189. The molecule has 7 heteroatoms. The molecule has 4 aliphatic carbocycles. The number of amides is 1. The Bertz CT molecular complexity index is 1190. The van der Waals surface area contributed by atoms with Gasteiger partial charge >= 0.3 is 6.09 Å². The quantitative estimate of drug-likeness (QED) is 0.555. The third kappa shape index (κ3) is 3.02. The molecule has 3 N–H and O–H groups in total. The summed E-state index contributed by atoms with van der Waals surface area (Å²) in [5, 5.41) is 34.3. The van der Waals surface area contributed by atoms with E-state index in [-0.39, 0.29) is 28.6 Å². The van der Waals surface area contributed by atoms with Crippen LogP contribution in [0.1, 0.15) is 39.7 Å². The van der Waals surface area contributed by atoms with Crippen molar-refractivity contribution in [1.29, 1.82) is 0 Å². The van der Waals surface area contributed by atoms with Gasteiger partial charge in [-0.3, -0.25) is 9.69 Å². The predicted molar refractivity (Wildman–Crippen MR) is 135 cm³/mol. The molecule has 2 saturated carbocycles. The molecule has 194 valence electrons. The topological polar surface area (TPSA) is 107 Å².